The molecule has 1 aromatic heterocycles. The van der Waals surface area contributed by atoms with Gasteiger partial charge in [0, 0.05) is 36.4 Å². The number of rotatable bonds is 7. The topological polar surface area (TPSA) is 71.5 Å². The quantitative estimate of drug-likeness (QED) is 0.609. The average Bonchev–Trinajstić information content (AvgIpc) is 3.19. The van der Waals surface area contributed by atoms with Crippen LogP contribution in [0.2, 0.25) is 5.02 Å². The van der Waals surface area contributed by atoms with Crippen molar-refractivity contribution in [2.75, 3.05) is 11.4 Å². The fourth-order valence-electron chi connectivity index (χ4n) is 3.43. The molecule has 1 aliphatic rings. The monoisotopic (exact) mass is 435 g/mol. The highest BCUT2D eigenvalue weighted by atomic mass is 35.5. The number of carbonyl (C=O) groups is 2. The number of anilines is 1. The summed E-state index contributed by atoms with van der Waals surface area (Å²) in [7, 11) is 0. The predicted molar refractivity (Wildman–Crippen MR) is 119 cm³/mol. The van der Waals surface area contributed by atoms with Gasteiger partial charge in [-0.05, 0) is 54.1 Å². The lowest BCUT2D eigenvalue weighted by Gasteiger charge is -2.16. The van der Waals surface area contributed by atoms with E-state index in [1.54, 1.807) is 35.4 Å². The lowest BCUT2D eigenvalue weighted by Crippen LogP contribution is -2.32. The lowest BCUT2D eigenvalue weighted by atomic mass is 10.1. The maximum absolute atomic E-state index is 12.6. The molecule has 6 nitrogen and oxygen atoms in total. The second-order valence-electron chi connectivity index (χ2n) is 7.35. The highest BCUT2D eigenvalue weighted by molar-refractivity contribution is 6.30. The van der Waals surface area contributed by atoms with E-state index in [9.17, 15) is 9.59 Å². The maximum Gasteiger partial charge on any atom is 0.227 e. The number of ether oxygens (including phenoxy) is 1. The van der Waals surface area contributed by atoms with E-state index in [4.69, 9.17) is 16.3 Å². The maximum atomic E-state index is 12.6. The molecule has 0 spiro atoms. The van der Waals surface area contributed by atoms with Crippen LogP contribution in [0.4, 0.5) is 5.69 Å². The molecule has 0 bridgehead atoms. The zero-order valence-electron chi connectivity index (χ0n) is 16.8. The molecule has 1 saturated heterocycles. The summed E-state index contributed by atoms with van der Waals surface area (Å²) in [6.07, 6.45) is 1.94. The van der Waals surface area contributed by atoms with Gasteiger partial charge in [0.1, 0.15) is 12.4 Å². The zero-order valence-corrected chi connectivity index (χ0v) is 17.6. The summed E-state index contributed by atoms with van der Waals surface area (Å²) in [5, 5.41) is 3.54. The van der Waals surface area contributed by atoms with Crippen molar-refractivity contribution in [3.63, 3.8) is 0 Å². The molecule has 1 N–H and O–H groups in total. The highest BCUT2D eigenvalue weighted by Crippen LogP contribution is 2.26. The Balaban J connectivity index is 1.26. The Kier molecular flexibility index (Phi) is 6.48. The third-order valence-electron chi connectivity index (χ3n) is 5.14. The Morgan fingerprint density at radius 2 is 1.87 bits per heavy atom. The molecule has 0 saturated carbocycles. The Morgan fingerprint density at radius 3 is 2.58 bits per heavy atom. The zero-order chi connectivity index (χ0) is 21.6. The van der Waals surface area contributed by atoms with Crippen LogP contribution >= 0.6 is 11.6 Å². The molecule has 1 aliphatic heterocycles. The molecule has 158 valence electrons. The molecular formula is C24H22ClN3O3. The highest BCUT2D eigenvalue weighted by Gasteiger charge is 2.34. The van der Waals surface area contributed by atoms with E-state index in [0.717, 1.165) is 22.7 Å². The molecule has 2 aromatic carbocycles. The first-order chi connectivity index (χ1) is 15.1. The van der Waals surface area contributed by atoms with E-state index < -0.39 is 0 Å². The molecule has 3 aromatic rings. The number of aromatic nitrogens is 1. The largest absolute Gasteiger partial charge is 0.487 e. The van der Waals surface area contributed by atoms with Gasteiger partial charge in [0.2, 0.25) is 11.8 Å². The molecule has 2 heterocycles. The van der Waals surface area contributed by atoms with Gasteiger partial charge in [-0.2, -0.15) is 0 Å². The number of carbonyl (C=O) groups excluding carboxylic acids is 2. The summed E-state index contributed by atoms with van der Waals surface area (Å²) in [5.74, 6) is 0.182. The minimum Gasteiger partial charge on any atom is -0.487 e. The minimum atomic E-state index is -0.371. The first-order valence-electron chi connectivity index (χ1n) is 10.0. The van der Waals surface area contributed by atoms with Crippen molar-refractivity contribution in [3.05, 3.63) is 89.2 Å². The standard InChI is InChI=1S/C24H22ClN3O3/c25-19-6-8-21(9-7-19)28-15-18(13-23(28)29)24(30)27-14-17-4-10-22(11-5-17)31-16-20-3-1-2-12-26-20/h1-12,18H,13-16H2,(H,27,30). The molecule has 4 rings (SSSR count). The summed E-state index contributed by atoms with van der Waals surface area (Å²) in [4.78, 5) is 30.8. The molecular weight excluding hydrogens is 414 g/mol. The van der Waals surface area contributed by atoms with Crippen LogP contribution in [0, 0.1) is 5.92 Å². The average molecular weight is 436 g/mol. The van der Waals surface area contributed by atoms with E-state index >= 15 is 0 Å². The van der Waals surface area contributed by atoms with Crippen molar-refractivity contribution in [1.29, 1.82) is 0 Å². The predicted octanol–water partition coefficient (Wildman–Crippen LogP) is 3.98. The van der Waals surface area contributed by atoms with Crippen LogP contribution in [-0.4, -0.2) is 23.3 Å². The third kappa shape index (κ3) is 5.41. The first-order valence-corrected chi connectivity index (χ1v) is 10.4. The van der Waals surface area contributed by atoms with Crippen LogP contribution in [-0.2, 0) is 22.7 Å². The summed E-state index contributed by atoms with van der Waals surface area (Å²) in [6, 6.07) is 20.3. The van der Waals surface area contributed by atoms with Crippen LogP contribution < -0.4 is 15.0 Å². The SMILES string of the molecule is O=C(NCc1ccc(OCc2ccccn2)cc1)C1CC(=O)N(c2ccc(Cl)cc2)C1. The van der Waals surface area contributed by atoms with Crippen molar-refractivity contribution < 1.29 is 14.3 Å². The van der Waals surface area contributed by atoms with Crippen molar-refractivity contribution in [3.8, 4) is 5.75 Å². The van der Waals surface area contributed by atoms with Gasteiger partial charge in [0.15, 0.2) is 0 Å². The van der Waals surface area contributed by atoms with Gasteiger partial charge in [0.05, 0.1) is 11.6 Å². The molecule has 31 heavy (non-hydrogen) atoms. The van der Waals surface area contributed by atoms with E-state index in [0.29, 0.717) is 24.7 Å². The number of halogens is 1. The van der Waals surface area contributed by atoms with E-state index in [-0.39, 0.29) is 24.2 Å². The molecule has 2 amide bonds. The van der Waals surface area contributed by atoms with Gasteiger partial charge in [-0.15, -0.1) is 0 Å². The van der Waals surface area contributed by atoms with Gasteiger partial charge >= 0.3 is 0 Å². The molecule has 1 unspecified atom stereocenters. The van der Waals surface area contributed by atoms with Crippen LogP contribution in [0.5, 0.6) is 5.75 Å². The Hall–Kier alpha value is -3.38. The summed E-state index contributed by atoms with van der Waals surface area (Å²) >= 11 is 5.91. The van der Waals surface area contributed by atoms with Crippen LogP contribution in [0.1, 0.15) is 17.7 Å². The van der Waals surface area contributed by atoms with Crippen molar-refractivity contribution in [1.82, 2.24) is 10.3 Å². The van der Waals surface area contributed by atoms with Crippen LogP contribution in [0.15, 0.2) is 72.9 Å². The van der Waals surface area contributed by atoms with Crippen LogP contribution in [0.25, 0.3) is 0 Å². The number of nitrogens with one attached hydrogen (secondary N) is 1. The van der Waals surface area contributed by atoms with Crippen molar-refractivity contribution >= 4 is 29.1 Å². The van der Waals surface area contributed by atoms with E-state index in [1.807, 2.05) is 42.5 Å². The van der Waals surface area contributed by atoms with Gasteiger partial charge in [-0.25, -0.2) is 0 Å². The molecule has 1 fully saturated rings. The molecule has 0 aliphatic carbocycles. The lowest BCUT2D eigenvalue weighted by molar-refractivity contribution is -0.126. The van der Waals surface area contributed by atoms with Gasteiger partial charge < -0.3 is 15.0 Å². The molecule has 7 heteroatoms. The molecule has 0 radical (unpaired) electrons. The Labute approximate surface area is 185 Å². The number of pyridine rings is 1. The minimum absolute atomic E-state index is 0.0584. The summed E-state index contributed by atoms with van der Waals surface area (Å²) < 4.78 is 5.73. The first kappa shape index (κ1) is 20.9. The Morgan fingerprint density at radius 1 is 1.10 bits per heavy atom. The second kappa shape index (κ2) is 9.62. The number of hydrogen-bond donors (Lipinski definition) is 1. The van der Waals surface area contributed by atoms with Crippen molar-refractivity contribution in [2.45, 2.75) is 19.6 Å². The summed E-state index contributed by atoms with van der Waals surface area (Å²) in [6.45, 7) is 1.16. The van der Waals surface area contributed by atoms with Gasteiger partial charge in [-0.1, -0.05) is 29.8 Å². The fourth-order valence-corrected chi connectivity index (χ4v) is 3.56. The van der Waals surface area contributed by atoms with E-state index in [1.165, 1.54) is 0 Å². The van der Waals surface area contributed by atoms with Gasteiger partial charge in [0.25, 0.3) is 0 Å². The smallest absolute Gasteiger partial charge is 0.227 e. The van der Waals surface area contributed by atoms with Crippen LogP contribution in [0.3, 0.4) is 0 Å². The number of benzene rings is 2. The molecule has 1 atom stereocenters. The number of amides is 2. The summed E-state index contributed by atoms with van der Waals surface area (Å²) in [5.41, 5.74) is 2.57. The van der Waals surface area contributed by atoms with Gasteiger partial charge in [-0.3, -0.25) is 14.6 Å². The number of hydrogen-bond acceptors (Lipinski definition) is 4. The second-order valence-corrected chi connectivity index (χ2v) is 7.79. The fraction of sp³-hybridized carbons (Fsp3) is 0.208. The number of nitrogens with zero attached hydrogens (tertiary/aromatic N) is 2. The van der Waals surface area contributed by atoms with E-state index in [2.05, 4.69) is 10.3 Å². The third-order valence-corrected chi connectivity index (χ3v) is 5.39. The van der Waals surface area contributed by atoms with Crippen molar-refractivity contribution in [2.24, 2.45) is 5.92 Å². The Bertz CT molecular complexity index is 1040. The normalized spacial score (nSPS) is 15.7.